The van der Waals surface area contributed by atoms with E-state index in [-0.39, 0.29) is 17.5 Å². The van der Waals surface area contributed by atoms with Gasteiger partial charge >= 0.3 is 0 Å². The number of hydrogen-bond donors (Lipinski definition) is 1. The zero-order valence-corrected chi connectivity index (χ0v) is 9.94. The lowest BCUT2D eigenvalue weighted by Crippen LogP contribution is -2.30. The van der Waals surface area contributed by atoms with Gasteiger partial charge in [-0.05, 0) is 30.3 Å². The van der Waals surface area contributed by atoms with Crippen molar-refractivity contribution in [3.63, 3.8) is 0 Å². The first-order valence-electron chi connectivity index (χ1n) is 5.24. The predicted octanol–water partition coefficient (Wildman–Crippen LogP) is -0.858. The maximum atomic E-state index is 11.5. The normalized spacial score (nSPS) is 24.4. The Bertz CT molecular complexity index is 455. The molecule has 90 valence electrons. The van der Waals surface area contributed by atoms with Crippen LogP contribution >= 0.6 is 0 Å². The lowest BCUT2D eigenvalue weighted by Gasteiger charge is -2.22. The van der Waals surface area contributed by atoms with Gasteiger partial charge in [0.25, 0.3) is 0 Å². The molecule has 0 saturated carbocycles. The van der Waals surface area contributed by atoms with E-state index in [4.69, 9.17) is 0 Å². The van der Waals surface area contributed by atoms with E-state index < -0.39 is 9.84 Å². The molecule has 1 aromatic heterocycles. The Kier molecular flexibility index (Phi) is 3.20. The van der Waals surface area contributed by atoms with Crippen LogP contribution < -0.4 is 5.32 Å². The molecule has 1 N–H and O–H groups in total. The molecule has 0 amide bonds. The van der Waals surface area contributed by atoms with Crippen LogP contribution in [-0.4, -0.2) is 47.2 Å². The molecule has 2 heterocycles. The summed E-state index contributed by atoms with van der Waals surface area (Å²) in [4.78, 5) is 0. The van der Waals surface area contributed by atoms with Crippen LogP contribution in [-0.2, 0) is 16.4 Å². The van der Waals surface area contributed by atoms with Crippen molar-refractivity contribution in [2.24, 2.45) is 0 Å². The molecule has 2 rings (SSSR count). The molecule has 1 aliphatic heterocycles. The minimum absolute atomic E-state index is 0.114. The molecule has 1 fully saturated rings. The van der Waals surface area contributed by atoms with Crippen molar-refractivity contribution in [3.8, 4) is 0 Å². The van der Waals surface area contributed by atoms with Crippen LogP contribution in [0.1, 0.15) is 24.7 Å². The fourth-order valence-electron chi connectivity index (χ4n) is 1.96. The van der Waals surface area contributed by atoms with Crippen molar-refractivity contribution >= 4 is 9.84 Å². The molecule has 1 aromatic rings. The maximum absolute atomic E-state index is 11.5. The van der Waals surface area contributed by atoms with Gasteiger partial charge in [-0.25, -0.2) is 13.1 Å². The van der Waals surface area contributed by atoms with E-state index in [0.29, 0.717) is 18.8 Å². The number of sulfone groups is 1. The molecule has 0 aliphatic carbocycles. The van der Waals surface area contributed by atoms with Gasteiger partial charge in [0, 0.05) is 0 Å². The maximum Gasteiger partial charge on any atom is 0.165 e. The highest BCUT2D eigenvalue weighted by atomic mass is 32.2. The zero-order chi connectivity index (χ0) is 11.6. The van der Waals surface area contributed by atoms with Crippen LogP contribution in [0.15, 0.2) is 0 Å². The molecule has 1 unspecified atom stereocenters. The van der Waals surface area contributed by atoms with Gasteiger partial charge in [-0.15, -0.1) is 5.10 Å². The summed E-state index contributed by atoms with van der Waals surface area (Å²) < 4.78 is 24.7. The van der Waals surface area contributed by atoms with Gasteiger partial charge in [-0.1, -0.05) is 0 Å². The molecule has 1 saturated heterocycles. The third-order valence-corrected chi connectivity index (χ3v) is 4.48. The SMILES string of the molecule is CNCc1nnnn1C1CCCS(=O)(=O)C1. The Hall–Kier alpha value is -1.02. The predicted molar refractivity (Wildman–Crippen MR) is 57.5 cm³/mol. The third kappa shape index (κ3) is 2.38. The van der Waals surface area contributed by atoms with E-state index in [9.17, 15) is 8.42 Å². The number of tetrazole rings is 1. The fraction of sp³-hybridized carbons (Fsp3) is 0.875. The van der Waals surface area contributed by atoms with Crippen LogP contribution in [0.4, 0.5) is 0 Å². The van der Waals surface area contributed by atoms with Crippen LogP contribution in [0.25, 0.3) is 0 Å². The van der Waals surface area contributed by atoms with Crippen LogP contribution in [0.2, 0.25) is 0 Å². The monoisotopic (exact) mass is 245 g/mol. The highest BCUT2D eigenvalue weighted by Gasteiger charge is 2.28. The van der Waals surface area contributed by atoms with Crippen LogP contribution in [0, 0.1) is 0 Å². The van der Waals surface area contributed by atoms with Crippen molar-refractivity contribution in [2.45, 2.75) is 25.4 Å². The zero-order valence-electron chi connectivity index (χ0n) is 9.13. The Morgan fingerprint density at radius 2 is 2.38 bits per heavy atom. The minimum atomic E-state index is -2.93. The highest BCUT2D eigenvalue weighted by molar-refractivity contribution is 7.91. The second kappa shape index (κ2) is 4.46. The van der Waals surface area contributed by atoms with Gasteiger partial charge in [0.15, 0.2) is 15.7 Å². The lowest BCUT2D eigenvalue weighted by molar-refractivity contribution is 0.411. The number of nitrogens with zero attached hydrogens (tertiary/aromatic N) is 4. The Morgan fingerprint density at radius 1 is 1.56 bits per heavy atom. The molecule has 1 aliphatic rings. The fourth-order valence-corrected chi connectivity index (χ4v) is 3.63. The van der Waals surface area contributed by atoms with Crippen LogP contribution in [0.3, 0.4) is 0 Å². The molecule has 7 nitrogen and oxygen atoms in total. The van der Waals surface area contributed by atoms with Gasteiger partial charge in [-0.3, -0.25) is 0 Å². The van der Waals surface area contributed by atoms with E-state index in [2.05, 4.69) is 20.8 Å². The van der Waals surface area contributed by atoms with Crippen molar-refractivity contribution < 1.29 is 8.42 Å². The quantitative estimate of drug-likeness (QED) is 0.745. The van der Waals surface area contributed by atoms with Crippen LogP contribution in [0.5, 0.6) is 0 Å². The summed E-state index contributed by atoms with van der Waals surface area (Å²) in [5, 5.41) is 14.3. The van der Waals surface area contributed by atoms with E-state index >= 15 is 0 Å². The summed E-state index contributed by atoms with van der Waals surface area (Å²) in [6.45, 7) is 0.545. The number of aromatic nitrogens is 4. The molecule has 8 heteroatoms. The van der Waals surface area contributed by atoms with E-state index in [1.807, 2.05) is 0 Å². The summed E-state index contributed by atoms with van der Waals surface area (Å²) in [6.07, 6.45) is 1.51. The van der Waals surface area contributed by atoms with E-state index in [1.165, 1.54) is 0 Å². The molecule has 16 heavy (non-hydrogen) atoms. The second-order valence-corrected chi connectivity index (χ2v) is 6.21. The number of hydrogen-bond acceptors (Lipinski definition) is 6. The molecule has 0 bridgehead atoms. The number of nitrogens with one attached hydrogen (secondary N) is 1. The molecule has 1 atom stereocenters. The molecule has 0 spiro atoms. The smallest absolute Gasteiger partial charge is 0.165 e. The van der Waals surface area contributed by atoms with Gasteiger partial charge in [0.2, 0.25) is 0 Å². The molecular weight excluding hydrogens is 230 g/mol. The average molecular weight is 245 g/mol. The van der Waals surface area contributed by atoms with Gasteiger partial charge in [0.1, 0.15) is 0 Å². The second-order valence-electron chi connectivity index (χ2n) is 3.98. The van der Waals surface area contributed by atoms with E-state index in [0.717, 1.165) is 6.42 Å². The number of rotatable bonds is 3. The van der Waals surface area contributed by atoms with Crippen molar-refractivity contribution in [1.82, 2.24) is 25.5 Å². The summed E-state index contributed by atoms with van der Waals surface area (Å²) in [7, 11) is -1.12. The molecular formula is C8H15N5O2S. The molecule has 0 radical (unpaired) electrons. The van der Waals surface area contributed by atoms with Crippen molar-refractivity contribution in [1.29, 1.82) is 0 Å². The Labute approximate surface area is 94.1 Å². The average Bonchev–Trinajstić information content (AvgIpc) is 2.65. The van der Waals surface area contributed by atoms with Crippen molar-refractivity contribution in [2.75, 3.05) is 18.6 Å². The first kappa shape index (κ1) is 11.5. The lowest BCUT2D eigenvalue weighted by atomic mass is 10.2. The summed E-state index contributed by atoms with van der Waals surface area (Å²) in [5.41, 5.74) is 0. The largest absolute Gasteiger partial charge is 0.313 e. The highest BCUT2D eigenvalue weighted by Crippen LogP contribution is 2.22. The summed E-state index contributed by atoms with van der Waals surface area (Å²) in [5.74, 6) is 1.12. The standard InChI is InChI=1S/C8H15N5O2S/c1-9-5-8-10-11-12-13(8)7-3-2-4-16(14,15)6-7/h7,9H,2-6H2,1H3. The first-order valence-corrected chi connectivity index (χ1v) is 7.06. The third-order valence-electron chi connectivity index (χ3n) is 2.68. The Morgan fingerprint density at radius 3 is 3.06 bits per heavy atom. The molecule has 0 aromatic carbocycles. The summed E-state index contributed by atoms with van der Waals surface area (Å²) in [6, 6.07) is -0.114. The summed E-state index contributed by atoms with van der Waals surface area (Å²) >= 11 is 0. The van der Waals surface area contributed by atoms with Gasteiger partial charge in [0.05, 0.1) is 24.1 Å². The van der Waals surface area contributed by atoms with Gasteiger partial charge in [-0.2, -0.15) is 0 Å². The topological polar surface area (TPSA) is 89.8 Å². The first-order chi connectivity index (χ1) is 7.62. The van der Waals surface area contributed by atoms with Crippen molar-refractivity contribution in [3.05, 3.63) is 5.82 Å². The minimum Gasteiger partial charge on any atom is -0.313 e. The Balaban J connectivity index is 2.20. The van der Waals surface area contributed by atoms with Gasteiger partial charge < -0.3 is 5.32 Å². The van der Waals surface area contributed by atoms with E-state index in [1.54, 1.807) is 11.7 Å².